The molecule has 13 heavy (non-hydrogen) atoms. The van der Waals surface area contributed by atoms with E-state index in [4.69, 9.17) is 26.2 Å². The first kappa shape index (κ1) is 10.8. The lowest BCUT2D eigenvalue weighted by Gasteiger charge is -2.39. The van der Waals surface area contributed by atoms with Gasteiger partial charge in [-0.2, -0.15) is 0 Å². The van der Waals surface area contributed by atoms with Crippen molar-refractivity contribution in [3.63, 3.8) is 0 Å². The van der Waals surface area contributed by atoms with Crippen molar-refractivity contribution >= 4 is 0 Å². The molecular weight excluding hydrogens is 182 g/mol. The maximum absolute atomic E-state index is 9.21. The molecule has 1 saturated heterocycles. The smallest absolute Gasteiger partial charge is 0.184 e. The van der Waals surface area contributed by atoms with Crippen molar-refractivity contribution in [3.05, 3.63) is 0 Å². The van der Waals surface area contributed by atoms with E-state index in [0.29, 0.717) is 0 Å². The summed E-state index contributed by atoms with van der Waals surface area (Å²) in [5.74, 6) is 0. The molecule has 0 saturated carbocycles. The number of hydrogen-bond donors (Lipinski definition) is 6. The molecule has 1 rings (SSSR count). The number of rotatable bonds is 1. The van der Waals surface area contributed by atoms with E-state index in [-0.39, 0.29) is 0 Å². The van der Waals surface area contributed by atoms with Crippen molar-refractivity contribution in [1.29, 1.82) is 0 Å². The van der Waals surface area contributed by atoms with Gasteiger partial charge in [0.1, 0.15) is 30.6 Å². The maximum atomic E-state index is 9.21. The first-order valence-electron chi connectivity index (χ1n) is 3.76. The van der Waals surface area contributed by atoms with Gasteiger partial charge in [0.15, 0.2) is 6.29 Å². The van der Waals surface area contributed by atoms with E-state index in [0.717, 1.165) is 0 Å². The number of aliphatic hydroxyl groups excluding tert-OH is 5. The van der Waals surface area contributed by atoms with Crippen molar-refractivity contribution in [2.45, 2.75) is 36.9 Å². The molecular formula is C6H13NO6. The second-order valence-electron chi connectivity index (χ2n) is 2.95. The predicted octanol–water partition coefficient (Wildman–Crippen LogP) is -3.94. The Morgan fingerprint density at radius 1 is 1.00 bits per heavy atom. The summed E-state index contributed by atoms with van der Waals surface area (Å²) in [6.07, 6.45) is -9.24. The van der Waals surface area contributed by atoms with E-state index >= 15 is 0 Å². The van der Waals surface area contributed by atoms with E-state index in [9.17, 15) is 5.11 Å². The summed E-state index contributed by atoms with van der Waals surface area (Å²) in [5, 5.41) is 45.2. The van der Waals surface area contributed by atoms with Crippen molar-refractivity contribution in [1.82, 2.24) is 0 Å². The Morgan fingerprint density at radius 3 is 2.00 bits per heavy atom. The molecule has 0 aromatic rings. The van der Waals surface area contributed by atoms with Crippen LogP contribution >= 0.6 is 0 Å². The van der Waals surface area contributed by atoms with Crippen LogP contribution in [0.3, 0.4) is 0 Å². The fourth-order valence-corrected chi connectivity index (χ4v) is 1.17. The van der Waals surface area contributed by atoms with Gasteiger partial charge < -0.3 is 36.0 Å². The minimum Gasteiger partial charge on any atom is -0.387 e. The minimum absolute atomic E-state index is 1.31. The molecule has 6 atom stereocenters. The standard InChI is InChI=1S/C6H13NO6/c7-5(11)4-2(9)1(8)3(10)6(12)13-4/h1-6,8-12H,7H2/t1-,2+,3+,4-,5?,6-/m1/s1. The highest BCUT2D eigenvalue weighted by molar-refractivity contribution is 4.90. The molecule has 0 aromatic heterocycles. The Balaban J connectivity index is 2.70. The summed E-state index contributed by atoms with van der Waals surface area (Å²) in [7, 11) is 0. The molecule has 0 aliphatic carbocycles. The van der Waals surface area contributed by atoms with Gasteiger partial charge in [-0.3, -0.25) is 0 Å². The second kappa shape index (κ2) is 3.84. The first-order chi connectivity index (χ1) is 5.95. The quantitative estimate of drug-likeness (QED) is 0.235. The molecule has 0 amide bonds. The monoisotopic (exact) mass is 195 g/mol. The maximum Gasteiger partial charge on any atom is 0.184 e. The number of hydrogen-bond acceptors (Lipinski definition) is 7. The molecule has 1 aliphatic rings. The van der Waals surface area contributed by atoms with Crippen LogP contribution in [0.5, 0.6) is 0 Å². The van der Waals surface area contributed by atoms with Crippen LogP contribution in [-0.2, 0) is 4.74 Å². The second-order valence-corrected chi connectivity index (χ2v) is 2.95. The normalized spacial score (nSPS) is 48.9. The van der Waals surface area contributed by atoms with E-state index < -0.39 is 36.9 Å². The van der Waals surface area contributed by atoms with Gasteiger partial charge in [0.2, 0.25) is 0 Å². The van der Waals surface area contributed by atoms with Crippen LogP contribution < -0.4 is 5.73 Å². The SMILES string of the molecule is NC(O)[C@@H]1O[C@@H](O)[C@@H](O)[C@H](O)[C@@H]1O. The van der Waals surface area contributed by atoms with Crippen molar-refractivity contribution in [2.75, 3.05) is 0 Å². The van der Waals surface area contributed by atoms with Gasteiger partial charge in [-0.15, -0.1) is 0 Å². The van der Waals surface area contributed by atoms with Crippen LogP contribution in [0.1, 0.15) is 0 Å². The van der Waals surface area contributed by atoms with Gasteiger partial charge in [-0.25, -0.2) is 0 Å². The average Bonchev–Trinajstić information content (AvgIpc) is 2.07. The molecule has 1 aliphatic heterocycles. The van der Waals surface area contributed by atoms with Crippen molar-refractivity contribution < 1.29 is 30.3 Å². The highest BCUT2D eigenvalue weighted by Gasteiger charge is 2.44. The Morgan fingerprint density at radius 2 is 1.54 bits per heavy atom. The predicted molar refractivity (Wildman–Crippen MR) is 39.1 cm³/mol. The number of ether oxygens (including phenoxy) is 1. The average molecular weight is 195 g/mol. The van der Waals surface area contributed by atoms with E-state index in [1.807, 2.05) is 0 Å². The summed E-state index contributed by atoms with van der Waals surface area (Å²) in [6.45, 7) is 0. The molecule has 0 spiro atoms. The van der Waals surface area contributed by atoms with Crippen LogP contribution in [0.25, 0.3) is 0 Å². The molecule has 0 aromatic carbocycles. The number of aliphatic hydroxyl groups is 5. The Bertz CT molecular complexity index is 177. The van der Waals surface area contributed by atoms with Gasteiger partial charge in [0.05, 0.1) is 0 Å². The molecule has 7 heteroatoms. The Hall–Kier alpha value is -0.280. The van der Waals surface area contributed by atoms with Gasteiger partial charge in [-0.1, -0.05) is 0 Å². The van der Waals surface area contributed by atoms with Gasteiger partial charge in [0, 0.05) is 0 Å². The zero-order chi connectivity index (χ0) is 10.2. The molecule has 0 radical (unpaired) electrons. The van der Waals surface area contributed by atoms with Crippen LogP contribution in [0, 0.1) is 0 Å². The molecule has 0 bridgehead atoms. The minimum atomic E-state index is -1.67. The molecule has 7 N–H and O–H groups in total. The Labute approximate surface area is 74.0 Å². The molecule has 1 unspecified atom stereocenters. The fourth-order valence-electron chi connectivity index (χ4n) is 1.17. The van der Waals surface area contributed by atoms with E-state index in [1.165, 1.54) is 0 Å². The molecule has 7 nitrogen and oxygen atoms in total. The molecule has 1 fully saturated rings. The summed E-state index contributed by atoms with van der Waals surface area (Å²) >= 11 is 0. The lowest BCUT2D eigenvalue weighted by Crippen LogP contribution is -2.62. The summed E-state index contributed by atoms with van der Waals surface area (Å²) in [5.41, 5.74) is 4.99. The fraction of sp³-hybridized carbons (Fsp3) is 1.00. The summed E-state index contributed by atoms with van der Waals surface area (Å²) < 4.78 is 4.56. The highest BCUT2D eigenvalue weighted by atomic mass is 16.6. The third kappa shape index (κ3) is 1.97. The van der Waals surface area contributed by atoms with Crippen LogP contribution in [-0.4, -0.2) is 62.5 Å². The van der Waals surface area contributed by atoms with E-state index in [1.54, 1.807) is 0 Å². The van der Waals surface area contributed by atoms with Crippen LogP contribution in [0.2, 0.25) is 0 Å². The van der Waals surface area contributed by atoms with Crippen molar-refractivity contribution in [3.8, 4) is 0 Å². The Kier molecular flexibility index (Phi) is 3.19. The van der Waals surface area contributed by atoms with Gasteiger partial charge >= 0.3 is 0 Å². The topological polar surface area (TPSA) is 136 Å². The first-order valence-corrected chi connectivity index (χ1v) is 3.76. The summed E-state index contributed by atoms with van der Waals surface area (Å²) in [6, 6.07) is 0. The molecule has 78 valence electrons. The highest BCUT2D eigenvalue weighted by Crippen LogP contribution is 2.20. The van der Waals surface area contributed by atoms with Crippen molar-refractivity contribution in [2.24, 2.45) is 5.73 Å². The lowest BCUT2D eigenvalue weighted by molar-refractivity contribution is -0.296. The van der Waals surface area contributed by atoms with Crippen LogP contribution in [0.4, 0.5) is 0 Å². The molecule has 1 heterocycles. The zero-order valence-electron chi connectivity index (χ0n) is 6.69. The van der Waals surface area contributed by atoms with Gasteiger partial charge in [0.25, 0.3) is 0 Å². The lowest BCUT2D eigenvalue weighted by atomic mass is 9.98. The zero-order valence-corrected chi connectivity index (χ0v) is 6.69. The number of nitrogens with two attached hydrogens (primary N) is 1. The third-order valence-electron chi connectivity index (χ3n) is 1.96. The largest absolute Gasteiger partial charge is 0.387 e. The van der Waals surface area contributed by atoms with Crippen LogP contribution in [0.15, 0.2) is 0 Å². The van der Waals surface area contributed by atoms with Gasteiger partial charge in [-0.05, 0) is 0 Å². The summed E-state index contributed by atoms with van der Waals surface area (Å²) in [4.78, 5) is 0. The van der Waals surface area contributed by atoms with E-state index in [2.05, 4.69) is 4.74 Å². The third-order valence-corrected chi connectivity index (χ3v) is 1.96.